The molecule has 1 unspecified atom stereocenters. The van der Waals surface area contributed by atoms with Gasteiger partial charge >= 0.3 is 5.97 Å². The molecule has 0 aliphatic heterocycles. The largest absolute Gasteiger partial charge is 0.481 e. The lowest BCUT2D eigenvalue weighted by molar-refractivity contribution is -0.384. The molecule has 0 fully saturated rings. The van der Waals surface area contributed by atoms with Crippen molar-refractivity contribution in [3.8, 4) is 0 Å². The fourth-order valence-corrected chi connectivity index (χ4v) is 1.86. The van der Waals surface area contributed by atoms with Crippen LogP contribution in [0, 0.1) is 15.5 Å². The van der Waals surface area contributed by atoms with Gasteiger partial charge in [0.25, 0.3) is 11.6 Å². The Balaban J connectivity index is 2.57. The number of nitro groups is 1. The Hall–Kier alpha value is -2.97. The van der Waals surface area contributed by atoms with Crippen LogP contribution in [0.3, 0.4) is 0 Å². The van der Waals surface area contributed by atoms with Crippen molar-refractivity contribution in [2.75, 3.05) is 6.54 Å². The van der Waals surface area contributed by atoms with Crippen molar-refractivity contribution in [1.82, 2.24) is 10.6 Å². The van der Waals surface area contributed by atoms with Gasteiger partial charge in [0, 0.05) is 24.2 Å². The van der Waals surface area contributed by atoms with E-state index in [4.69, 9.17) is 5.11 Å². The van der Waals surface area contributed by atoms with Gasteiger partial charge in [0.15, 0.2) is 0 Å². The highest BCUT2D eigenvalue weighted by Crippen LogP contribution is 2.19. The number of nitrogens with one attached hydrogen (secondary N) is 2. The third-order valence-corrected chi connectivity index (χ3v) is 3.69. The predicted octanol–water partition coefficient (Wildman–Crippen LogP) is 1.33. The summed E-state index contributed by atoms with van der Waals surface area (Å²) in [4.78, 5) is 45.1. The SMILES string of the molecule is CC(NC(=O)c1cccc([N+](=O)[O-])c1)C(=O)NCCC(C)(C)C(=O)O. The van der Waals surface area contributed by atoms with Gasteiger partial charge in [-0.15, -0.1) is 0 Å². The second kappa shape index (κ2) is 8.22. The fourth-order valence-electron chi connectivity index (χ4n) is 1.86. The third kappa shape index (κ3) is 5.87. The summed E-state index contributed by atoms with van der Waals surface area (Å²) in [7, 11) is 0. The maximum atomic E-state index is 12.1. The number of nitrogens with zero attached hydrogens (tertiary/aromatic N) is 1. The third-order valence-electron chi connectivity index (χ3n) is 3.69. The first-order valence-electron chi connectivity index (χ1n) is 7.61. The molecule has 2 amide bonds. The molecule has 0 aliphatic rings. The molecule has 1 aromatic carbocycles. The van der Waals surface area contributed by atoms with Gasteiger partial charge in [-0.05, 0) is 33.3 Å². The van der Waals surface area contributed by atoms with Gasteiger partial charge in [-0.3, -0.25) is 24.5 Å². The molecule has 0 saturated carbocycles. The van der Waals surface area contributed by atoms with E-state index in [1.165, 1.54) is 25.1 Å². The first-order valence-corrected chi connectivity index (χ1v) is 7.61. The molecule has 9 nitrogen and oxygen atoms in total. The molecule has 0 aliphatic carbocycles. The van der Waals surface area contributed by atoms with E-state index in [0.717, 1.165) is 6.07 Å². The quantitative estimate of drug-likeness (QED) is 0.477. The minimum absolute atomic E-state index is 0.0702. The van der Waals surface area contributed by atoms with Crippen molar-refractivity contribution in [3.05, 3.63) is 39.9 Å². The molecule has 1 rings (SSSR count). The van der Waals surface area contributed by atoms with Gasteiger partial charge in [0.2, 0.25) is 5.91 Å². The van der Waals surface area contributed by atoms with Gasteiger partial charge < -0.3 is 15.7 Å². The molecule has 1 aromatic rings. The molecule has 0 aromatic heterocycles. The second-order valence-corrected chi connectivity index (χ2v) is 6.23. The first kappa shape index (κ1) is 20.1. The number of nitro benzene ring substituents is 1. The molecular formula is C16H21N3O6. The Morgan fingerprint density at radius 3 is 2.52 bits per heavy atom. The highest BCUT2D eigenvalue weighted by Gasteiger charge is 2.27. The number of amides is 2. The van der Waals surface area contributed by atoms with Gasteiger partial charge in [-0.2, -0.15) is 0 Å². The van der Waals surface area contributed by atoms with Crippen molar-refractivity contribution >= 4 is 23.5 Å². The number of non-ortho nitro benzene ring substituents is 1. The normalized spacial score (nSPS) is 12.1. The number of carboxylic acids is 1. The molecule has 1 atom stereocenters. The fraction of sp³-hybridized carbons (Fsp3) is 0.438. The maximum Gasteiger partial charge on any atom is 0.309 e. The Morgan fingerprint density at radius 2 is 1.96 bits per heavy atom. The van der Waals surface area contributed by atoms with E-state index in [-0.39, 0.29) is 24.2 Å². The van der Waals surface area contributed by atoms with Gasteiger partial charge in [-0.1, -0.05) is 6.07 Å². The number of hydrogen-bond donors (Lipinski definition) is 3. The van der Waals surface area contributed by atoms with Gasteiger partial charge in [-0.25, -0.2) is 0 Å². The topological polar surface area (TPSA) is 139 Å². The second-order valence-electron chi connectivity index (χ2n) is 6.23. The molecule has 25 heavy (non-hydrogen) atoms. The van der Waals surface area contributed by atoms with E-state index in [2.05, 4.69) is 10.6 Å². The monoisotopic (exact) mass is 351 g/mol. The number of hydrogen-bond acceptors (Lipinski definition) is 5. The summed E-state index contributed by atoms with van der Waals surface area (Å²) in [6.07, 6.45) is 0.236. The number of rotatable bonds is 8. The van der Waals surface area contributed by atoms with Crippen LogP contribution in [0.5, 0.6) is 0 Å². The van der Waals surface area contributed by atoms with Crippen molar-refractivity contribution in [3.63, 3.8) is 0 Å². The number of carbonyl (C=O) groups is 3. The van der Waals surface area contributed by atoms with Gasteiger partial charge in [0.1, 0.15) is 6.04 Å². The van der Waals surface area contributed by atoms with Crippen LogP contribution >= 0.6 is 0 Å². The molecule has 0 heterocycles. The Morgan fingerprint density at radius 1 is 1.32 bits per heavy atom. The van der Waals surface area contributed by atoms with Crippen LogP contribution in [0.15, 0.2) is 24.3 Å². The summed E-state index contributed by atoms with van der Waals surface area (Å²) in [6.45, 7) is 4.71. The highest BCUT2D eigenvalue weighted by molar-refractivity contribution is 5.97. The van der Waals surface area contributed by atoms with Crippen molar-refractivity contribution in [1.29, 1.82) is 0 Å². The van der Waals surface area contributed by atoms with E-state index in [1.807, 2.05) is 0 Å². The number of carbonyl (C=O) groups excluding carboxylic acids is 2. The minimum Gasteiger partial charge on any atom is -0.481 e. The summed E-state index contributed by atoms with van der Waals surface area (Å²) >= 11 is 0. The zero-order chi connectivity index (χ0) is 19.2. The van der Waals surface area contributed by atoms with Crippen LogP contribution in [0.4, 0.5) is 5.69 Å². The van der Waals surface area contributed by atoms with Crippen LogP contribution in [-0.4, -0.2) is 40.4 Å². The first-order chi connectivity index (χ1) is 11.5. The molecular weight excluding hydrogens is 330 g/mol. The standard InChI is InChI=1S/C16H21N3O6/c1-10(13(20)17-8-7-16(2,3)15(22)23)18-14(21)11-5-4-6-12(9-11)19(24)25/h4-6,9-10H,7-8H2,1-3H3,(H,17,20)(H,18,21)(H,22,23). The van der Waals surface area contributed by atoms with E-state index >= 15 is 0 Å². The zero-order valence-corrected chi connectivity index (χ0v) is 14.2. The average molecular weight is 351 g/mol. The van der Waals surface area contributed by atoms with Gasteiger partial charge in [0.05, 0.1) is 10.3 Å². The van der Waals surface area contributed by atoms with Crippen molar-refractivity contribution in [2.45, 2.75) is 33.2 Å². The van der Waals surface area contributed by atoms with Crippen molar-refractivity contribution in [2.24, 2.45) is 5.41 Å². The Labute approximate surface area is 144 Å². The zero-order valence-electron chi connectivity index (χ0n) is 14.2. The molecule has 0 radical (unpaired) electrons. The lowest BCUT2D eigenvalue weighted by Gasteiger charge is -2.20. The molecule has 136 valence electrons. The molecule has 9 heteroatoms. The molecule has 0 saturated heterocycles. The van der Waals surface area contributed by atoms with Crippen molar-refractivity contribution < 1.29 is 24.4 Å². The van der Waals surface area contributed by atoms with E-state index in [9.17, 15) is 24.5 Å². The van der Waals surface area contributed by atoms with Crippen LogP contribution in [0.1, 0.15) is 37.6 Å². The van der Waals surface area contributed by atoms with Crippen LogP contribution in [0.25, 0.3) is 0 Å². The Bertz CT molecular complexity index is 686. The number of carboxylic acid groups (broad SMARTS) is 1. The average Bonchev–Trinajstić information content (AvgIpc) is 2.54. The highest BCUT2D eigenvalue weighted by atomic mass is 16.6. The van der Waals surface area contributed by atoms with E-state index in [0.29, 0.717) is 0 Å². The van der Waals surface area contributed by atoms with Crippen LogP contribution in [0.2, 0.25) is 0 Å². The summed E-state index contributed by atoms with van der Waals surface area (Å²) in [6, 6.07) is 4.29. The van der Waals surface area contributed by atoms with Crippen LogP contribution in [-0.2, 0) is 9.59 Å². The smallest absolute Gasteiger partial charge is 0.309 e. The van der Waals surface area contributed by atoms with E-state index < -0.39 is 34.2 Å². The summed E-state index contributed by atoms with van der Waals surface area (Å²) in [5, 5.41) is 24.7. The number of benzene rings is 1. The summed E-state index contributed by atoms with van der Waals surface area (Å²) in [5.74, 6) is -2.05. The molecule has 3 N–H and O–H groups in total. The summed E-state index contributed by atoms with van der Waals surface area (Å²) < 4.78 is 0. The molecule has 0 bridgehead atoms. The minimum atomic E-state index is -0.970. The Kier molecular flexibility index (Phi) is 6.60. The van der Waals surface area contributed by atoms with Crippen LogP contribution < -0.4 is 10.6 Å². The summed E-state index contributed by atoms with van der Waals surface area (Å²) in [5.41, 5.74) is -1.12. The lowest BCUT2D eigenvalue weighted by atomic mass is 9.90. The lowest BCUT2D eigenvalue weighted by Crippen LogP contribution is -2.45. The maximum absolute atomic E-state index is 12.1. The molecule has 0 spiro atoms. The predicted molar refractivity (Wildman–Crippen MR) is 89.1 cm³/mol. The number of aliphatic carboxylic acids is 1. The van der Waals surface area contributed by atoms with E-state index in [1.54, 1.807) is 13.8 Å².